The van der Waals surface area contributed by atoms with Gasteiger partial charge in [-0.1, -0.05) is 29.3 Å². The van der Waals surface area contributed by atoms with E-state index in [1.165, 1.54) is 0 Å². The molecule has 1 N–H and O–H groups in total. The second-order valence-corrected chi connectivity index (χ2v) is 6.50. The number of furan rings is 1. The van der Waals surface area contributed by atoms with E-state index in [-0.39, 0.29) is 11.7 Å². The second kappa shape index (κ2) is 8.37. The molecule has 0 aliphatic heterocycles. The van der Waals surface area contributed by atoms with E-state index in [4.69, 9.17) is 37.1 Å². The lowest BCUT2D eigenvalue weighted by atomic mass is 10.2. The Morgan fingerprint density at radius 3 is 2.52 bits per heavy atom. The Balaban J connectivity index is 1.71. The van der Waals surface area contributed by atoms with Gasteiger partial charge in [-0.05, 0) is 48.0 Å². The van der Waals surface area contributed by atoms with Gasteiger partial charge in [-0.2, -0.15) is 0 Å². The molecule has 7 heteroatoms. The normalized spacial score (nSPS) is 10.5. The fraction of sp³-hybridized carbons (Fsp3) is 0.150. The lowest BCUT2D eigenvalue weighted by molar-refractivity contribution is 0.0924. The van der Waals surface area contributed by atoms with Crippen molar-refractivity contribution in [2.45, 2.75) is 6.54 Å². The van der Waals surface area contributed by atoms with Crippen molar-refractivity contribution in [2.75, 3.05) is 14.2 Å². The highest BCUT2D eigenvalue weighted by Crippen LogP contribution is 2.32. The first-order valence-corrected chi connectivity index (χ1v) is 8.81. The zero-order valence-electron chi connectivity index (χ0n) is 14.7. The van der Waals surface area contributed by atoms with Crippen LogP contribution in [0.15, 0.2) is 52.9 Å². The summed E-state index contributed by atoms with van der Waals surface area (Å²) < 4.78 is 16.1. The van der Waals surface area contributed by atoms with Gasteiger partial charge < -0.3 is 19.2 Å². The molecule has 0 fully saturated rings. The summed E-state index contributed by atoms with van der Waals surface area (Å²) in [6.45, 7) is 0.313. The maximum atomic E-state index is 12.4. The van der Waals surface area contributed by atoms with Gasteiger partial charge >= 0.3 is 0 Å². The molecular weight excluding hydrogens is 389 g/mol. The molecule has 27 heavy (non-hydrogen) atoms. The van der Waals surface area contributed by atoms with Crippen molar-refractivity contribution in [1.29, 1.82) is 0 Å². The maximum Gasteiger partial charge on any atom is 0.287 e. The van der Waals surface area contributed by atoms with Gasteiger partial charge in [0.15, 0.2) is 17.3 Å². The van der Waals surface area contributed by atoms with Crippen LogP contribution in [-0.2, 0) is 6.54 Å². The summed E-state index contributed by atoms with van der Waals surface area (Å²) in [6, 6.07) is 13.8. The van der Waals surface area contributed by atoms with Crippen LogP contribution in [0.3, 0.4) is 0 Å². The average Bonchev–Trinajstić information content (AvgIpc) is 3.17. The van der Waals surface area contributed by atoms with Crippen molar-refractivity contribution in [3.63, 3.8) is 0 Å². The second-order valence-electron chi connectivity index (χ2n) is 5.66. The van der Waals surface area contributed by atoms with Crippen LogP contribution in [-0.4, -0.2) is 20.1 Å². The molecule has 5 nitrogen and oxygen atoms in total. The molecule has 1 heterocycles. The summed E-state index contributed by atoms with van der Waals surface area (Å²) in [5.74, 6) is 1.54. The average molecular weight is 406 g/mol. The molecule has 2 aromatic carbocycles. The van der Waals surface area contributed by atoms with Crippen molar-refractivity contribution in [2.24, 2.45) is 0 Å². The molecule has 1 aromatic heterocycles. The van der Waals surface area contributed by atoms with E-state index in [1.54, 1.807) is 56.7 Å². The SMILES string of the molecule is COc1ccc(CNC(=O)c2ccc(-c3cc(Cl)ccc3Cl)o2)cc1OC. The molecule has 0 unspecified atom stereocenters. The monoisotopic (exact) mass is 405 g/mol. The van der Waals surface area contributed by atoms with Gasteiger partial charge in [0.05, 0.1) is 19.2 Å². The molecule has 0 saturated carbocycles. The van der Waals surface area contributed by atoms with E-state index >= 15 is 0 Å². The predicted molar refractivity (Wildman–Crippen MR) is 105 cm³/mol. The summed E-state index contributed by atoms with van der Waals surface area (Å²) in [7, 11) is 3.13. The van der Waals surface area contributed by atoms with Crippen LogP contribution in [0, 0.1) is 0 Å². The van der Waals surface area contributed by atoms with Gasteiger partial charge in [0.25, 0.3) is 5.91 Å². The zero-order chi connectivity index (χ0) is 19.4. The van der Waals surface area contributed by atoms with Crippen molar-refractivity contribution in [1.82, 2.24) is 5.32 Å². The Kier molecular flexibility index (Phi) is 5.94. The summed E-state index contributed by atoms with van der Waals surface area (Å²) in [4.78, 5) is 12.4. The molecule has 3 rings (SSSR count). The van der Waals surface area contributed by atoms with E-state index in [0.29, 0.717) is 39.4 Å². The highest BCUT2D eigenvalue weighted by molar-refractivity contribution is 6.35. The first kappa shape index (κ1) is 19.1. The Bertz CT molecular complexity index is 968. The van der Waals surface area contributed by atoms with Crippen LogP contribution in [0.5, 0.6) is 11.5 Å². The summed E-state index contributed by atoms with van der Waals surface area (Å²) in [5, 5.41) is 3.83. The lowest BCUT2D eigenvalue weighted by Gasteiger charge is -2.10. The quantitative estimate of drug-likeness (QED) is 0.611. The Hall–Kier alpha value is -2.63. The van der Waals surface area contributed by atoms with E-state index in [1.807, 2.05) is 6.07 Å². The number of amides is 1. The van der Waals surface area contributed by atoms with Gasteiger partial charge in [0.1, 0.15) is 5.76 Å². The minimum atomic E-state index is -0.339. The molecule has 140 valence electrons. The van der Waals surface area contributed by atoms with Crippen LogP contribution in [0.2, 0.25) is 10.0 Å². The van der Waals surface area contributed by atoms with Crippen molar-refractivity contribution < 1.29 is 18.7 Å². The Labute approximate surface area is 166 Å². The smallest absolute Gasteiger partial charge is 0.287 e. The molecule has 0 bridgehead atoms. The minimum absolute atomic E-state index is 0.182. The van der Waals surface area contributed by atoms with E-state index in [9.17, 15) is 4.79 Å². The topological polar surface area (TPSA) is 60.7 Å². The van der Waals surface area contributed by atoms with Crippen molar-refractivity contribution in [3.05, 3.63) is 69.9 Å². The van der Waals surface area contributed by atoms with Gasteiger partial charge in [0.2, 0.25) is 0 Å². The zero-order valence-corrected chi connectivity index (χ0v) is 16.2. The number of rotatable bonds is 6. The number of methoxy groups -OCH3 is 2. The molecule has 0 saturated heterocycles. The van der Waals surface area contributed by atoms with Gasteiger partial charge in [-0.15, -0.1) is 0 Å². The van der Waals surface area contributed by atoms with E-state index in [2.05, 4.69) is 5.32 Å². The summed E-state index contributed by atoms with van der Waals surface area (Å²) >= 11 is 12.2. The molecule has 1 amide bonds. The van der Waals surface area contributed by atoms with Gasteiger partial charge in [-0.25, -0.2) is 0 Å². The maximum absolute atomic E-state index is 12.4. The Morgan fingerprint density at radius 2 is 1.78 bits per heavy atom. The molecule has 0 radical (unpaired) electrons. The van der Waals surface area contributed by atoms with Crippen LogP contribution in [0.4, 0.5) is 0 Å². The number of ether oxygens (including phenoxy) is 2. The predicted octanol–water partition coefficient (Wildman–Crippen LogP) is 5.20. The molecule has 0 aliphatic rings. The fourth-order valence-corrected chi connectivity index (χ4v) is 2.93. The highest BCUT2D eigenvalue weighted by atomic mass is 35.5. The number of hydrogen-bond donors (Lipinski definition) is 1. The minimum Gasteiger partial charge on any atom is -0.493 e. The number of carbonyl (C=O) groups is 1. The van der Waals surface area contributed by atoms with Crippen molar-refractivity contribution >= 4 is 29.1 Å². The fourth-order valence-electron chi connectivity index (χ4n) is 2.55. The first-order chi connectivity index (χ1) is 13.0. The van der Waals surface area contributed by atoms with Gasteiger partial charge in [-0.3, -0.25) is 4.79 Å². The van der Waals surface area contributed by atoms with Gasteiger partial charge in [0, 0.05) is 17.1 Å². The molecule has 0 spiro atoms. The van der Waals surface area contributed by atoms with Crippen LogP contribution in [0.1, 0.15) is 16.1 Å². The third kappa shape index (κ3) is 4.38. The first-order valence-electron chi connectivity index (χ1n) is 8.06. The van der Waals surface area contributed by atoms with E-state index in [0.717, 1.165) is 5.56 Å². The number of carbonyl (C=O) groups excluding carboxylic acids is 1. The molecular formula is C20H17Cl2NO4. The van der Waals surface area contributed by atoms with Crippen LogP contribution >= 0.6 is 23.2 Å². The van der Waals surface area contributed by atoms with Crippen LogP contribution in [0.25, 0.3) is 11.3 Å². The third-order valence-corrected chi connectivity index (χ3v) is 4.49. The number of benzene rings is 2. The molecule has 0 aliphatic carbocycles. The number of halogens is 2. The summed E-state index contributed by atoms with van der Waals surface area (Å²) in [6.07, 6.45) is 0. The molecule has 3 aromatic rings. The van der Waals surface area contributed by atoms with Crippen molar-refractivity contribution in [3.8, 4) is 22.8 Å². The Morgan fingerprint density at radius 1 is 1.00 bits per heavy atom. The molecule has 0 atom stereocenters. The number of hydrogen-bond acceptors (Lipinski definition) is 4. The third-order valence-electron chi connectivity index (χ3n) is 3.92. The largest absolute Gasteiger partial charge is 0.493 e. The standard InChI is InChI=1S/C20H17Cl2NO4/c1-25-17-6-3-12(9-19(17)26-2)11-23-20(24)18-8-7-16(27-18)14-10-13(21)4-5-15(14)22/h3-10H,11H2,1-2H3,(H,23,24). The van der Waals surface area contributed by atoms with Crippen LogP contribution < -0.4 is 14.8 Å². The van der Waals surface area contributed by atoms with E-state index < -0.39 is 0 Å². The lowest BCUT2D eigenvalue weighted by Crippen LogP contribution is -2.22. The highest BCUT2D eigenvalue weighted by Gasteiger charge is 2.14. The number of nitrogens with one attached hydrogen (secondary N) is 1. The summed E-state index contributed by atoms with van der Waals surface area (Å²) in [5.41, 5.74) is 1.49.